The third kappa shape index (κ3) is 5.32. The van der Waals surface area contributed by atoms with Crippen LogP contribution in [0.25, 0.3) is 0 Å². The van der Waals surface area contributed by atoms with Crippen molar-refractivity contribution in [3.05, 3.63) is 59.2 Å². The summed E-state index contributed by atoms with van der Waals surface area (Å²) < 4.78 is 5.39. The lowest BCUT2D eigenvalue weighted by Gasteiger charge is -2.36. The van der Waals surface area contributed by atoms with Crippen LogP contribution in [0, 0.1) is 6.92 Å². The first-order valence-corrected chi connectivity index (χ1v) is 11.0. The number of hydrogen-bond acceptors (Lipinski definition) is 5. The lowest BCUT2D eigenvalue weighted by Crippen LogP contribution is -2.49. The van der Waals surface area contributed by atoms with E-state index < -0.39 is 0 Å². The van der Waals surface area contributed by atoms with E-state index in [0.717, 1.165) is 37.5 Å². The van der Waals surface area contributed by atoms with Crippen LogP contribution in [0.5, 0.6) is 5.75 Å². The molecule has 2 aromatic rings. The zero-order valence-corrected chi connectivity index (χ0v) is 18.1. The van der Waals surface area contributed by atoms with E-state index >= 15 is 0 Å². The fraction of sp³-hybridized carbons (Fsp3) is 0.391. The highest BCUT2D eigenvalue weighted by atomic mass is 32.2. The molecule has 0 bridgehead atoms. The first-order chi connectivity index (χ1) is 14.0. The summed E-state index contributed by atoms with van der Waals surface area (Å²) in [6.45, 7) is 6.89. The van der Waals surface area contributed by atoms with E-state index in [2.05, 4.69) is 36.1 Å². The number of carbonyl (C=O) groups is 2. The van der Waals surface area contributed by atoms with Crippen molar-refractivity contribution in [2.24, 2.45) is 0 Å². The number of aryl methyl sites for hydroxylation is 1. The van der Waals surface area contributed by atoms with Gasteiger partial charge in [-0.25, -0.2) is 0 Å². The van der Waals surface area contributed by atoms with Crippen LogP contribution < -0.4 is 9.64 Å². The second-order valence-electron chi connectivity index (χ2n) is 7.23. The first kappa shape index (κ1) is 21.2. The summed E-state index contributed by atoms with van der Waals surface area (Å²) in [6, 6.07) is 13.8. The van der Waals surface area contributed by atoms with Gasteiger partial charge in [-0.15, -0.1) is 11.8 Å². The highest BCUT2D eigenvalue weighted by molar-refractivity contribution is 7.99. The summed E-state index contributed by atoms with van der Waals surface area (Å²) in [4.78, 5) is 28.6. The van der Waals surface area contributed by atoms with Crippen LogP contribution in [0.15, 0.2) is 42.5 Å². The molecule has 0 aliphatic carbocycles. The number of methoxy groups -OCH3 is 1. The number of ether oxygens (including phenoxy) is 1. The molecule has 0 spiro atoms. The maximum atomic E-state index is 12.6. The Morgan fingerprint density at radius 2 is 1.79 bits per heavy atom. The van der Waals surface area contributed by atoms with Crippen LogP contribution >= 0.6 is 11.8 Å². The summed E-state index contributed by atoms with van der Waals surface area (Å²) in [5.74, 6) is 2.02. The van der Waals surface area contributed by atoms with Gasteiger partial charge >= 0.3 is 0 Å². The monoisotopic (exact) mass is 412 g/mol. The SMILES string of the molecule is COc1ccc(C(C)=O)cc1CSCC(=O)N1CCN(c2ccccc2C)CC1. The van der Waals surface area contributed by atoms with Crippen LogP contribution in [0.4, 0.5) is 5.69 Å². The summed E-state index contributed by atoms with van der Waals surface area (Å²) in [5, 5.41) is 0. The number of carbonyl (C=O) groups excluding carboxylic acids is 2. The van der Waals surface area contributed by atoms with Gasteiger partial charge in [0.05, 0.1) is 12.9 Å². The van der Waals surface area contributed by atoms with Crippen molar-refractivity contribution in [1.82, 2.24) is 4.90 Å². The van der Waals surface area contributed by atoms with Crippen LogP contribution in [0.3, 0.4) is 0 Å². The van der Waals surface area contributed by atoms with E-state index in [-0.39, 0.29) is 11.7 Å². The van der Waals surface area contributed by atoms with E-state index in [1.807, 2.05) is 17.0 Å². The van der Waals surface area contributed by atoms with Crippen LogP contribution in [0.2, 0.25) is 0 Å². The fourth-order valence-corrected chi connectivity index (χ4v) is 4.47. The maximum absolute atomic E-state index is 12.6. The van der Waals surface area contributed by atoms with Crippen molar-refractivity contribution < 1.29 is 14.3 Å². The molecular weight excluding hydrogens is 384 g/mol. The number of thioether (sulfide) groups is 1. The molecule has 0 saturated carbocycles. The van der Waals surface area contributed by atoms with Gasteiger partial charge in [-0.3, -0.25) is 9.59 Å². The molecule has 1 fully saturated rings. The average molecular weight is 413 g/mol. The molecule has 1 aliphatic rings. The summed E-state index contributed by atoms with van der Waals surface area (Å²) in [6.07, 6.45) is 0. The molecule has 1 heterocycles. The second-order valence-corrected chi connectivity index (χ2v) is 8.22. The van der Waals surface area contributed by atoms with Gasteiger partial charge in [-0.2, -0.15) is 0 Å². The predicted molar refractivity (Wildman–Crippen MR) is 119 cm³/mol. The Bertz CT molecular complexity index is 876. The Morgan fingerprint density at radius 3 is 2.45 bits per heavy atom. The molecule has 3 rings (SSSR count). The lowest BCUT2D eigenvalue weighted by atomic mass is 10.1. The molecule has 0 aromatic heterocycles. The highest BCUT2D eigenvalue weighted by Gasteiger charge is 2.22. The summed E-state index contributed by atoms with van der Waals surface area (Å²) >= 11 is 1.56. The zero-order valence-electron chi connectivity index (χ0n) is 17.3. The Labute approximate surface area is 177 Å². The number of amides is 1. The fourth-order valence-electron chi connectivity index (χ4n) is 3.56. The smallest absolute Gasteiger partial charge is 0.232 e. The molecule has 154 valence electrons. The summed E-state index contributed by atoms with van der Waals surface area (Å²) in [5.41, 5.74) is 4.14. The van der Waals surface area contributed by atoms with Crippen molar-refractivity contribution in [3.8, 4) is 5.75 Å². The zero-order chi connectivity index (χ0) is 20.8. The van der Waals surface area contributed by atoms with Crippen molar-refractivity contribution in [2.75, 3.05) is 43.9 Å². The van der Waals surface area contributed by atoms with Crippen molar-refractivity contribution in [1.29, 1.82) is 0 Å². The van der Waals surface area contributed by atoms with Gasteiger partial charge in [-0.1, -0.05) is 18.2 Å². The van der Waals surface area contributed by atoms with Gasteiger partial charge in [-0.05, 0) is 43.7 Å². The average Bonchev–Trinajstić information content (AvgIpc) is 2.74. The predicted octanol–water partition coefficient (Wildman–Crippen LogP) is 3.79. The molecule has 2 aromatic carbocycles. The van der Waals surface area contributed by atoms with Crippen LogP contribution in [-0.4, -0.2) is 55.6 Å². The molecule has 1 aliphatic heterocycles. The third-order valence-electron chi connectivity index (χ3n) is 5.26. The molecule has 0 atom stereocenters. The van der Waals surface area contributed by atoms with Gasteiger partial charge in [0.15, 0.2) is 5.78 Å². The first-order valence-electron chi connectivity index (χ1n) is 9.83. The maximum Gasteiger partial charge on any atom is 0.232 e. The number of ketones is 1. The number of nitrogens with zero attached hydrogens (tertiary/aromatic N) is 2. The molecule has 0 unspecified atom stereocenters. The number of rotatable bonds is 7. The van der Waals surface area contributed by atoms with Crippen molar-refractivity contribution >= 4 is 29.1 Å². The highest BCUT2D eigenvalue weighted by Crippen LogP contribution is 2.25. The molecule has 1 saturated heterocycles. The van der Waals surface area contributed by atoms with Crippen molar-refractivity contribution in [3.63, 3.8) is 0 Å². The Kier molecular flexibility index (Phi) is 7.20. The second kappa shape index (κ2) is 9.83. The van der Waals surface area contributed by atoms with E-state index in [1.54, 1.807) is 31.9 Å². The number of para-hydroxylation sites is 1. The van der Waals surface area contributed by atoms with Gasteiger partial charge in [0.25, 0.3) is 0 Å². The molecule has 29 heavy (non-hydrogen) atoms. The van der Waals surface area contributed by atoms with Crippen LogP contribution in [0.1, 0.15) is 28.4 Å². The van der Waals surface area contributed by atoms with Gasteiger partial charge in [0.1, 0.15) is 5.75 Å². The van der Waals surface area contributed by atoms with Gasteiger partial charge in [0.2, 0.25) is 5.91 Å². The standard InChI is InChI=1S/C23H28N2O3S/c1-17-6-4-5-7-21(17)24-10-12-25(13-11-24)23(27)16-29-15-20-14-19(18(2)26)8-9-22(20)28-3/h4-9,14H,10-13,15-16H2,1-3H3. The molecule has 0 radical (unpaired) electrons. The molecule has 6 heteroatoms. The Balaban J connectivity index is 1.50. The Hall–Kier alpha value is -2.47. The minimum atomic E-state index is 0.0292. The minimum Gasteiger partial charge on any atom is -0.496 e. The van der Waals surface area contributed by atoms with E-state index in [0.29, 0.717) is 17.1 Å². The third-order valence-corrected chi connectivity index (χ3v) is 6.22. The van der Waals surface area contributed by atoms with Crippen LogP contribution in [-0.2, 0) is 10.5 Å². The molecule has 0 N–H and O–H groups in total. The van der Waals surface area contributed by atoms with Crippen molar-refractivity contribution in [2.45, 2.75) is 19.6 Å². The number of benzene rings is 2. The van der Waals surface area contributed by atoms with Gasteiger partial charge < -0.3 is 14.5 Å². The summed E-state index contributed by atoms with van der Waals surface area (Å²) in [7, 11) is 1.62. The quantitative estimate of drug-likeness (QED) is 0.648. The number of hydrogen-bond donors (Lipinski definition) is 0. The Morgan fingerprint density at radius 1 is 1.07 bits per heavy atom. The minimum absolute atomic E-state index is 0.0292. The van der Waals surface area contributed by atoms with E-state index in [9.17, 15) is 9.59 Å². The number of piperazine rings is 1. The molecular formula is C23H28N2O3S. The largest absolute Gasteiger partial charge is 0.496 e. The van der Waals surface area contributed by atoms with E-state index in [1.165, 1.54) is 11.3 Å². The van der Waals surface area contributed by atoms with E-state index in [4.69, 9.17) is 4.74 Å². The van der Waals surface area contributed by atoms with Gasteiger partial charge in [0, 0.05) is 48.7 Å². The normalized spacial score (nSPS) is 14.0. The number of anilines is 1. The topological polar surface area (TPSA) is 49.9 Å². The molecule has 5 nitrogen and oxygen atoms in total. The number of Topliss-reactive ketones (excluding diaryl/α,β-unsaturated/α-hetero) is 1. The lowest BCUT2D eigenvalue weighted by molar-refractivity contribution is -0.128. The molecule has 1 amide bonds.